The first-order chi connectivity index (χ1) is 9.39. The summed E-state index contributed by atoms with van der Waals surface area (Å²) in [6, 6.07) is 0. The van der Waals surface area contributed by atoms with Crippen molar-refractivity contribution in [3.63, 3.8) is 0 Å². The van der Waals surface area contributed by atoms with Gasteiger partial charge in [-0.05, 0) is 27.1 Å². The fraction of sp³-hybridized carbons (Fsp3) is 0.727. The molecule has 0 aliphatic carbocycles. The van der Waals surface area contributed by atoms with Gasteiger partial charge in [-0.1, -0.05) is 0 Å². The standard InChI is InChI=1S/C11H23N5O3S/c1-15(2)5-4-6-16(7-8-19-3)20(17,18)10-9-13-14-11(10)12/h9H,4-8H2,1-3H3,(H3,12,13,14). The van der Waals surface area contributed by atoms with Gasteiger partial charge in [0, 0.05) is 20.2 Å². The van der Waals surface area contributed by atoms with Gasteiger partial charge in [-0.25, -0.2) is 8.42 Å². The summed E-state index contributed by atoms with van der Waals surface area (Å²) in [5.74, 6) is 0.0556. The van der Waals surface area contributed by atoms with Gasteiger partial charge in [0.25, 0.3) is 0 Å². The molecule has 0 bridgehead atoms. The summed E-state index contributed by atoms with van der Waals surface area (Å²) in [5, 5.41) is 6.11. The van der Waals surface area contributed by atoms with E-state index in [4.69, 9.17) is 10.5 Å². The third-order valence-corrected chi connectivity index (χ3v) is 4.73. The van der Waals surface area contributed by atoms with Crippen LogP contribution in [0.2, 0.25) is 0 Å². The Kier molecular flexibility index (Phi) is 6.40. The molecule has 0 aromatic carbocycles. The van der Waals surface area contributed by atoms with Crippen molar-refractivity contribution < 1.29 is 13.2 Å². The lowest BCUT2D eigenvalue weighted by atomic mass is 10.4. The van der Waals surface area contributed by atoms with E-state index in [1.165, 1.54) is 17.6 Å². The quantitative estimate of drug-likeness (QED) is 0.642. The molecule has 0 saturated heterocycles. The molecule has 9 heteroatoms. The number of nitrogen functional groups attached to an aromatic ring is 1. The summed E-state index contributed by atoms with van der Waals surface area (Å²) in [6.45, 7) is 1.84. The molecule has 1 heterocycles. The molecule has 0 radical (unpaired) electrons. The van der Waals surface area contributed by atoms with Crippen molar-refractivity contribution in [3.8, 4) is 0 Å². The Morgan fingerprint density at radius 3 is 2.55 bits per heavy atom. The number of aromatic amines is 1. The highest BCUT2D eigenvalue weighted by atomic mass is 32.2. The van der Waals surface area contributed by atoms with Crippen LogP contribution in [0.5, 0.6) is 0 Å². The van der Waals surface area contributed by atoms with Gasteiger partial charge < -0.3 is 15.4 Å². The van der Waals surface area contributed by atoms with Gasteiger partial charge in [-0.3, -0.25) is 5.10 Å². The van der Waals surface area contributed by atoms with Crippen molar-refractivity contribution in [2.45, 2.75) is 11.3 Å². The molecule has 0 unspecified atom stereocenters. The minimum Gasteiger partial charge on any atom is -0.383 e. The topological polar surface area (TPSA) is 105 Å². The molecular weight excluding hydrogens is 282 g/mol. The minimum absolute atomic E-state index is 0.0125. The number of hydrogen-bond donors (Lipinski definition) is 2. The second-order valence-corrected chi connectivity index (χ2v) is 6.61. The van der Waals surface area contributed by atoms with Gasteiger partial charge in [0.15, 0.2) is 0 Å². The Morgan fingerprint density at radius 2 is 2.05 bits per heavy atom. The van der Waals surface area contributed by atoms with Crippen LogP contribution in [0.15, 0.2) is 11.1 Å². The predicted octanol–water partition coefficient (Wildman–Crippen LogP) is -0.419. The second-order valence-electron chi connectivity index (χ2n) is 4.70. The van der Waals surface area contributed by atoms with Crippen LogP contribution in [-0.2, 0) is 14.8 Å². The van der Waals surface area contributed by atoms with Gasteiger partial charge in [0.2, 0.25) is 10.0 Å². The summed E-state index contributed by atoms with van der Waals surface area (Å²) < 4.78 is 31.4. The summed E-state index contributed by atoms with van der Waals surface area (Å²) in [4.78, 5) is 2.02. The van der Waals surface area contributed by atoms with Gasteiger partial charge in [0.1, 0.15) is 10.7 Å². The first-order valence-corrected chi connectivity index (χ1v) is 7.76. The summed E-state index contributed by atoms with van der Waals surface area (Å²) in [5.41, 5.74) is 5.61. The predicted molar refractivity (Wildman–Crippen MR) is 76.8 cm³/mol. The monoisotopic (exact) mass is 305 g/mol. The zero-order valence-electron chi connectivity index (χ0n) is 12.2. The lowest BCUT2D eigenvalue weighted by Crippen LogP contribution is -2.36. The fourth-order valence-electron chi connectivity index (χ4n) is 1.74. The maximum absolute atomic E-state index is 12.5. The van der Waals surface area contributed by atoms with E-state index in [2.05, 4.69) is 10.2 Å². The first kappa shape index (κ1) is 16.9. The van der Waals surface area contributed by atoms with Crippen molar-refractivity contribution in [3.05, 3.63) is 6.20 Å². The van der Waals surface area contributed by atoms with E-state index in [9.17, 15) is 8.42 Å². The number of rotatable bonds is 9. The van der Waals surface area contributed by atoms with Gasteiger partial charge in [0.05, 0.1) is 12.8 Å². The second kappa shape index (κ2) is 7.58. The highest BCUT2D eigenvalue weighted by Gasteiger charge is 2.27. The molecule has 1 rings (SSSR count). The third kappa shape index (κ3) is 4.44. The number of ether oxygens (including phenoxy) is 1. The summed E-state index contributed by atoms with van der Waals surface area (Å²) in [7, 11) is 1.79. The molecule has 0 atom stereocenters. The Hall–Kier alpha value is -1.16. The van der Waals surface area contributed by atoms with E-state index in [1.54, 1.807) is 0 Å². The lowest BCUT2D eigenvalue weighted by Gasteiger charge is -2.22. The highest BCUT2D eigenvalue weighted by Crippen LogP contribution is 2.19. The van der Waals surface area contributed by atoms with Crippen LogP contribution in [0.4, 0.5) is 5.82 Å². The molecule has 0 saturated carbocycles. The molecule has 0 fully saturated rings. The summed E-state index contributed by atoms with van der Waals surface area (Å²) >= 11 is 0. The molecule has 0 spiro atoms. The van der Waals surface area contributed by atoms with Crippen LogP contribution in [0.25, 0.3) is 0 Å². The number of hydrogen-bond acceptors (Lipinski definition) is 6. The van der Waals surface area contributed by atoms with Gasteiger partial charge >= 0.3 is 0 Å². The Labute approximate surface area is 119 Å². The number of H-pyrrole nitrogens is 1. The first-order valence-electron chi connectivity index (χ1n) is 6.32. The number of sulfonamides is 1. The molecule has 116 valence electrons. The van der Waals surface area contributed by atoms with Crippen LogP contribution < -0.4 is 5.73 Å². The average molecular weight is 305 g/mol. The summed E-state index contributed by atoms with van der Waals surface area (Å²) in [6.07, 6.45) is 1.96. The number of nitrogens with two attached hydrogens (primary N) is 1. The van der Waals surface area contributed by atoms with Gasteiger partial charge in [-0.15, -0.1) is 0 Å². The minimum atomic E-state index is -3.64. The maximum Gasteiger partial charge on any atom is 0.248 e. The Bertz CT molecular complexity index is 500. The van der Waals surface area contributed by atoms with E-state index in [0.717, 1.165) is 13.0 Å². The van der Waals surface area contributed by atoms with Crippen molar-refractivity contribution in [1.82, 2.24) is 19.4 Å². The lowest BCUT2D eigenvalue weighted by molar-refractivity contribution is 0.177. The van der Waals surface area contributed by atoms with Crippen molar-refractivity contribution >= 4 is 15.8 Å². The number of nitrogens with zero attached hydrogens (tertiary/aromatic N) is 3. The molecule has 3 N–H and O–H groups in total. The molecule has 0 aliphatic rings. The van der Waals surface area contributed by atoms with E-state index < -0.39 is 10.0 Å². The maximum atomic E-state index is 12.5. The van der Waals surface area contributed by atoms with E-state index in [1.807, 2.05) is 19.0 Å². The average Bonchev–Trinajstić information content (AvgIpc) is 2.79. The smallest absolute Gasteiger partial charge is 0.248 e. The van der Waals surface area contributed by atoms with Crippen LogP contribution in [0.1, 0.15) is 6.42 Å². The van der Waals surface area contributed by atoms with E-state index >= 15 is 0 Å². The van der Waals surface area contributed by atoms with Crippen LogP contribution in [0, 0.1) is 0 Å². The molecule has 1 aromatic heterocycles. The van der Waals surface area contributed by atoms with Crippen LogP contribution in [0.3, 0.4) is 0 Å². The van der Waals surface area contributed by atoms with E-state index in [0.29, 0.717) is 13.2 Å². The fourth-order valence-corrected chi connectivity index (χ4v) is 3.21. The molecule has 8 nitrogen and oxygen atoms in total. The molecule has 20 heavy (non-hydrogen) atoms. The number of anilines is 1. The zero-order valence-corrected chi connectivity index (χ0v) is 13.0. The molecule has 0 amide bonds. The molecular formula is C11H23N5O3S. The van der Waals surface area contributed by atoms with Crippen molar-refractivity contribution in [1.29, 1.82) is 0 Å². The number of aromatic nitrogens is 2. The van der Waals surface area contributed by atoms with E-state index in [-0.39, 0.29) is 17.3 Å². The van der Waals surface area contributed by atoms with Gasteiger partial charge in [-0.2, -0.15) is 9.40 Å². The SMILES string of the molecule is COCCN(CCCN(C)C)S(=O)(=O)c1cn[nH]c1N. The Morgan fingerprint density at radius 1 is 1.35 bits per heavy atom. The van der Waals surface area contributed by atoms with Crippen molar-refractivity contribution in [2.75, 3.05) is 53.2 Å². The Balaban J connectivity index is 2.83. The zero-order chi connectivity index (χ0) is 15.2. The largest absolute Gasteiger partial charge is 0.383 e. The normalized spacial score (nSPS) is 12.4. The number of nitrogens with one attached hydrogen (secondary N) is 1. The van der Waals surface area contributed by atoms with Crippen LogP contribution in [-0.4, -0.2) is 75.3 Å². The highest BCUT2D eigenvalue weighted by molar-refractivity contribution is 7.89. The third-order valence-electron chi connectivity index (χ3n) is 2.81. The van der Waals surface area contributed by atoms with Crippen molar-refractivity contribution in [2.24, 2.45) is 0 Å². The number of methoxy groups -OCH3 is 1. The van der Waals surface area contributed by atoms with Crippen LogP contribution >= 0.6 is 0 Å². The molecule has 0 aliphatic heterocycles. The molecule has 1 aromatic rings.